The van der Waals surface area contributed by atoms with Gasteiger partial charge in [0.05, 0.1) is 12.6 Å². The Bertz CT molecular complexity index is 579. The summed E-state index contributed by atoms with van der Waals surface area (Å²) in [6, 6.07) is 8.42. The van der Waals surface area contributed by atoms with Crippen molar-refractivity contribution in [2.45, 2.75) is 31.2 Å². The number of fused-ring (bicyclic) bond motifs is 1. The van der Waals surface area contributed by atoms with Crippen LogP contribution in [-0.4, -0.2) is 11.7 Å². The summed E-state index contributed by atoms with van der Waals surface area (Å²) in [5, 5.41) is 1.21. The molecule has 3 nitrogen and oxygen atoms in total. The molecule has 0 bridgehead atoms. The molecule has 96 valence electrons. The molecule has 1 heterocycles. The van der Waals surface area contributed by atoms with Crippen molar-refractivity contribution in [3.05, 3.63) is 30.0 Å². The van der Waals surface area contributed by atoms with Gasteiger partial charge in [-0.15, -0.1) is 0 Å². The standard InChI is InChI=1S/C15H20N2O/c1-17-13-6-5-12(18-2)9-11(13)10-14(17)15(16)7-3-4-8-15/h5-6,9-10H,3-4,7-8,16H2,1-2H3. The molecule has 18 heavy (non-hydrogen) atoms. The third-order valence-corrected chi connectivity index (χ3v) is 4.26. The monoisotopic (exact) mass is 244 g/mol. The first-order valence-electron chi connectivity index (χ1n) is 6.57. The molecule has 1 saturated carbocycles. The molecule has 3 rings (SSSR count). The average molecular weight is 244 g/mol. The van der Waals surface area contributed by atoms with Gasteiger partial charge in [-0.25, -0.2) is 0 Å². The normalized spacial score (nSPS) is 18.4. The summed E-state index contributed by atoms with van der Waals surface area (Å²) in [7, 11) is 3.81. The van der Waals surface area contributed by atoms with Crippen LogP contribution in [0.4, 0.5) is 0 Å². The second kappa shape index (κ2) is 4.02. The molecule has 0 saturated heterocycles. The molecule has 2 aromatic rings. The van der Waals surface area contributed by atoms with Gasteiger partial charge in [0, 0.05) is 23.6 Å². The Kier molecular flexibility index (Phi) is 2.59. The Balaban J connectivity index is 2.16. The van der Waals surface area contributed by atoms with E-state index < -0.39 is 0 Å². The molecular weight excluding hydrogens is 224 g/mol. The van der Waals surface area contributed by atoms with Crippen molar-refractivity contribution in [2.24, 2.45) is 12.8 Å². The molecule has 0 aliphatic heterocycles. The number of nitrogens with two attached hydrogens (primary N) is 1. The first-order chi connectivity index (χ1) is 8.64. The molecule has 1 fully saturated rings. The molecule has 0 radical (unpaired) electrons. The van der Waals surface area contributed by atoms with E-state index in [-0.39, 0.29) is 5.54 Å². The predicted molar refractivity (Wildman–Crippen MR) is 73.8 cm³/mol. The van der Waals surface area contributed by atoms with Crippen molar-refractivity contribution in [1.82, 2.24) is 4.57 Å². The van der Waals surface area contributed by atoms with Gasteiger partial charge in [0.25, 0.3) is 0 Å². The molecule has 1 aromatic carbocycles. The fraction of sp³-hybridized carbons (Fsp3) is 0.467. The minimum Gasteiger partial charge on any atom is -0.497 e. The fourth-order valence-corrected chi connectivity index (χ4v) is 3.19. The SMILES string of the molecule is COc1ccc2c(c1)cc(C1(N)CCCC1)n2C. The highest BCUT2D eigenvalue weighted by atomic mass is 16.5. The largest absolute Gasteiger partial charge is 0.497 e. The van der Waals surface area contributed by atoms with E-state index in [2.05, 4.69) is 29.8 Å². The summed E-state index contributed by atoms with van der Waals surface area (Å²) in [6.07, 6.45) is 4.66. The highest BCUT2D eigenvalue weighted by Crippen LogP contribution is 2.38. The Morgan fingerprint density at radius 3 is 2.61 bits per heavy atom. The topological polar surface area (TPSA) is 40.2 Å². The van der Waals surface area contributed by atoms with Crippen LogP contribution in [0.25, 0.3) is 10.9 Å². The average Bonchev–Trinajstić information content (AvgIpc) is 2.95. The number of methoxy groups -OCH3 is 1. The van der Waals surface area contributed by atoms with Crippen LogP contribution in [0.5, 0.6) is 5.75 Å². The molecule has 0 spiro atoms. The molecule has 1 aliphatic carbocycles. The lowest BCUT2D eigenvalue weighted by molar-refractivity contribution is 0.415. The maximum Gasteiger partial charge on any atom is 0.119 e. The number of aromatic nitrogens is 1. The summed E-state index contributed by atoms with van der Waals surface area (Å²) in [5.41, 5.74) is 8.90. The summed E-state index contributed by atoms with van der Waals surface area (Å²) in [6.45, 7) is 0. The molecular formula is C15H20N2O. The second-order valence-electron chi connectivity index (χ2n) is 5.38. The van der Waals surface area contributed by atoms with Crippen LogP contribution in [0.2, 0.25) is 0 Å². The highest BCUT2D eigenvalue weighted by molar-refractivity contribution is 5.83. The van der Waals surface area contributed by atoms with Crippen molar-refractivity contribution in [3.8, 4) is 5.75 Å². The van der Waals surface area contributed by atoms with Crippen molar-refractivity contribution in [3.63, 3.8) is 0 Å². The van der Waals surface area contributed by atoms with Crippen LogP contribution in [0, 0.1) is 0 Å². The van der Waals surface area contributed by atoms with Gasteiger partial charge < -0.3 is 15.0 Å². The fourth-order valence-electron chi connectivity index (χ4n) is 3.19. The van der Waals surface area contributed by atoms with E-state index in [0.717, 1.165) is 18.6 Å². The Hall–Kier alpha value is -1.48. The first-order valence-corrected chi connectivity index (χ1v) is 6.57. The molecule has 3 heteroatoms. The number of hydrogen-bond acceptors (Lipinski definition) is 2. The molecule has 1 aliphatic rings. The van der Waals surface area contributed by atoms with Gasteiger partial charge in [0.15, 0.2) is 0 Å². The summed E-state index contributed by atoms with van der Waals surface area (Å²) in [5.74, 6) is 0.900. The van der Waals surface area contributed by atoms with E-state index in [1.165, 1.54) is 29.4 Å². The third kappa shape index (κ3) is 1.62. The lowest BCUT2D eigenvalue weighted by Gasteiger charge is -2.24. The van der Waals surface area contributed by atoms with Crippen LogP contribution in [0.3, 0.4) is 0 Å². The number of aryl methyl sites for hydroxylation is 1. The van der Waals surface area contributed by atoms with E-state index in [1.807, 2.05) is 6.07 Å². The Labute approximate surface area is 108 Å². The Morgan fingerprint density at radius 1 is 1.22 bits per heavy atom. The molecule has 0 amide bonds. The van der Waals surface area contributed by atoms with Gasteiger partial charge >= 0.3 is 0 Å². The van der Waals surface area contributed by atoms with Crippen LogP contribution in [0.15, 0.2) is 24.3 Å². The van der Waals surface area contributed by atoms with Crippen molar-refractivity contribution >= 4 is 10.9 Å². The van der Waals surface area contributed by atoms with Crippen molar-refractivity contribution < 1.29 is 4.74 Å². The van der Waals surface area contributed by atoms with Crippen molar-refractivity contribution in [1.29, 1.82) is 0 Å². The second-order valence-corrected chi connectivity index (χ2v) is 5.38. The molecule has 1 aromatic heterocycles. The van der Waals surface area contributed by atoms with E-state index in [1.54, 1.807) is 7.11 Å². The zero-order valence-electron chi connectivity index (χ0n) is 11.1. The predicted octanol–water partition coefficient (Wildman–Crippen LogP) is 2.91. The van der Waals surface area contributed by atoms with Crippen LogP contribution in [-0.2, 0) is 12.6 Å². The lowest BCUT2D eigenvalue weighted by atomic mass is 9.94. The maximum atomic E-state index is 6.56. The number of ether oxygens (including phenoxy) is 1. The zero-order chi connectivity index (χ0) is 12.8. The van der Waals surface area contributed by atoms with E-state index in [0.29, 0.717) is 0 Å². The number of rotatable bonds is 2. The third-order valence-electron chi connectivity index (χ3n) is 4.26. The molecule has 0 atom stereocenters. The zero-order valence-corrected chi connectivity index (χ0v) is 11.1. The van der Waals surface area contributed by atoms with Crippen LogP contribution < -0.4 is 10.5 Å². The summed E-state index contributed by atoms with van der Waals surface area (Å²) in [4.78, 5) is 0. The minimum atomic E-state index is -0.138. The van der Waals surface area contributed by atoms with Gasteiger partial charge in [-0.1, -0.05) is 12.8 Å². The Morgan fingerprint density at radius 2 is 1.94 bits per heavy atom. The van der Waals surface area contributed by atoms with Crippen LogP contribution >= 0.6 is 0 Å². The first kappa shape index (κ1) is 11.6. The smallest absolute Gasteiger partial charge is 0.119 e. The van der Waals surface area contributed by atoms with E-state index in [9.17, 15) is 0 Å². The van der Waals surface area contributed by atoms with Gasteiger partial charge in [-0.3, -0.25) is 0 Å². The molecule has 2 N–H and O–H groups in total. The van der Waals surface area contributed by atoms with E-state index >= 15 is 0 Å². The van der Waals surface area contributed by atoms with Gasteiger partial charge in [0.2, 0.25) is 0 Å². The van der Waals surface area contributed by atoms with E-state index in [4.69, 9.17) is 10.5 Å². The lowest BCUT2D eigenvalue weighted by Crippen LogP contribution is -2.35. The minimum absolute atomic E-state index is 0.138. The summed E-state index contributed by atoms with van der Waals surface area (Å²) >= 11 is 0. The number of hydrogen-bond donors (Lipinski definition) is 1. The highest BCUT2D eigenvalue weighted by Gasteiger charge is 2.33. The number of benzene rings is 1. The van der Waals surface area contributed by atoms with Gasteiger partial charge in [-0.05, 0) is 37.1 Å². The molecule has 0 unspecified atom stereocenters. The van der Waals surface area contributed by atoms with Crippen LogP contribution in [0.1, 0.15) is 31.4 Å². The van der Waals surface area contributed by atoms with Crippen molar-refractivity contribution in [2.75, 3.05) is 7.11 Å². The van der Waals surface area contributed by atoms with Gasteiger partial charge in [0.1, 0.15) is 5.75 Å². The quantitative estimate of drug-likeness (QED) is 0.882. The number of nitrogens with zero attached hydrogens (tertiary/aromatic N) is 1. The summed E-state index contributed by atoms with van der Waals surface area (Å²) < 4.78 is 7.52. The van der Waals surface area contributed by atoms with Gasteiger partial charge in [-0.2, -0.15) is 0 Å². The maximum absolute atomic E-state index is 6.56.